The Bertz CT molecular complexity index is 299. The summed E-state index contributed by atoms with van der Waals surface area (Å²) in [5, 5.41) is 6.62. The molecule has 12 heavy (non-hydrogen) atoms. The van der Waals surface area contributed by atoms with Gasteiger partial charge in [-0.25, -0.2) is 0 Å². The van der Waals surface area contributed by atoms with E-state index in [0.29, 0.717) is 0 Å². The second-order valence-electron chi connectivity index (χ2n) is 1.87. The maximum absolute atomic E-state index is 12.1. The van der Waals surface area contributed by atoms with Gasteiger partial charge in [0, 0.05) is 0 Å². The minimum absolute atomic E-state index is 0.0537. The Morgan fingerprint density at radius 2 is 1.75 bits per heavy atom. The van der Waals surface area contributed by atoms with Crippen LogP contribution in [0, 0.1) is 0 Å². The largest absolute Gasteiger partial charge is 0.419 e. The Labute approximate surface area is 82.4 Å². The molecule has 0 amide bonds. The topological polar surface area (TPSA) is 25.8 Å². The van der Waals surface area contributed by atoms with E-state index in [4.69, 9.17) is 0 Å². The van der Waals surface area contributed by atoms with Gasteiger partial charge in [-0.3, -0.25) is 0 Å². The van der Waals surface area contributed by atoms with Gasteiger partial charge in [0.15, 0.2) is 0 Å². The van der Waals surface area contributed by atoms with Crippen molar-refractivity contribution in [2.45, 2.75) is 6.18 Å². The van der Waals surface area contributed by atoms with Crippen molar-refractivity contribution in [2.24, 2.45) is 0 Å². The van der Waals surface area contributed by atoms with Crippen molar-refractivity contribution in [2.75, 3.05) is 0 Å². The highest BCUT2D eigenvalue weighted by Crippen LogP contribution is 2.34. The van der Waals surface area contributed by atoms with Crippen LogP contribution in [0.25, 0.3) is 0 Å². The summed E-state index contributed by atoms with van der Waals surface area (Å²) in [6, 6.07) is 0.858. The number of aromatic nitrogens is 2. The normalized spacial score (nSPS) is 11.8. The first-order chi connectivity index (χ1) is 5.41. The minimum atomic E-state index is -4.41. The molecule has 0 aliphatic carbocycles. The van der Waals surface area contributed by atoms with Crippen LogP contribution in [-0.4, -0.2) is 10.2 Å². The van der Waals surface area contributed by atoms with Crippen LogP contribution in [0.1, 0.15) is 5.56 Å². The fourth-order valence-corrected chi connectivity index (χ4v) is 1.28. The van der Waals surface area contributed by atoms with E-state index in [1.807, 2.05) is 0 Å². The third kappa shape index (κ3) is 2.16. The minimum Gasteiger partial charge on any atom is -0.166 e. The van der Waals surface area contributed by atoms with Gasteiger partial charge in [-0.05, 0) is 37.9 Å². The summed E-state index contributed by atoms with van der Waals surface area (Å²) in [6.07, 6.45) is -4.41. The molecule has 66 valence electrons. The van der Waals surface area contributed by atoms with E-state index >= 15 is 0 Å². The Morgan fingerprint density at radius 1 is 1.17 bits per heavy atom. The Balaban J connectivity index is 3.23. The van der Waals surface area contributed by atoms with Crippen LogP contribution in [0.4, 0.5) is 13.2 Å². The van der Waals surface area contributed by atoms with Crippen LogP contribution in [0.3, 0.4) is 0 Å². The highest BCUT2D eigenvalue weighted by atomic mass is 79.9. The lowest BCUT2D eigenvalue weighted by Gasteiger charge is -2.06. The zero-order valence-electron chi connectivity index (χ0n) is 5.36. The molecule has 2 nitrogen and oxygen atoms in total. The molecule has 0 aromatic carbocycles. The van der Waals surface area contributed by atoms with Gasteiger partial charge in [0.2, 0.25) is 0 Å². The maximum atomic E-state index is 12.1. The Hall–Kier alpha value is -0.170. The lowest BCUT2D eigenvalue weighted by atomic mass is 10.3. The highest BCUT2D eigenvalue weighted by Gasteiger charge is 2.34. The second-order valence-corrected chi connectivity index (χ2v) is 3.43. The second kappa shape index (κ2) is 3.29. The van der Waals surface area contributed by atoms with Crippen LogP contribution >= 0.6 is 31.9 Å². The summed E-state index contributed by atoms with van der Waals surface area (Å²) in [5.74, 6) is 0. The van der Waals surface area contributed by atoms with Crippen molar-refractivity contribution in [3.05, 3.63) is 20.8 Å². The highest BCUT2D eigenvalue weighted by molar-refractivity contribution is 9.10. The number of nitrogens with zero attached hydrogens (tertiary/aromatic N) is 2. The molecule has 0 saturated heterocycles. The third-order valence-electron chi connectivity index (χ3n) is 1.02. The van der Waals surface area contributed by atoms with E-state index in [1.54, 1.807) is 0 Å². The van der Waals surface area contributed by atoms with Crippen LogP contribution in [0.5, 0.6) is 0 Å². The van der Waals surface area contributed by atoms with E-state index in [1.165, 1.54) is 0 Å². The summed E-state index contributed by atoms with van der Waals surface area (Å²) < 4.78 is 36.1. The standard InChI is InChI=1S/C5HBr2F3N2/c6-3-1-2(5(8,9)10)4(7)12-11-3/h1H. The van der Waals surface area contributed by atoms with Crippen LogP contribution in [0.15, 0.2) is 15.3 Å². The molecule has 0 fully saturated rings. The molecule has 0 atom stereocenters. The molecule has 0 radical (unpaired) electrons. The van der Waals surface area contributed by atoms with Crippen molar-refractivity contribution in [3.8, 4) is 0 Å². The fraction of sp³-hybridized carbons (Fsp3) is 0.200. The number of halogens is 5. The zero-order chi connectivity index (χ0) is 9.35. The summed E-state index contributed by atoms with van der Waals surface area (Å²) >= 11 is 5.45. The van der Waals surface area contributed by atoms with Gasteiger partial charge in [-0.2, -0.15) is 13.2 Å². The Kier molecular flexibility index (Phi) is 2.72. The van der Waals surface area contributed by atoms with Crippen molar-refractivity contribution < 1.29 is 13.2 Å². The molecule has 1 heterocycles. The predicted octanol–water partition coefficient (Wildman–Crippen LogP) is 3.02. The molecular weight excluding hydrogens is 305 g/mol. The zero-order valence-corrected chi connectivity index (χ0v) is 8.53. The van der Waals surface area contributed by atoms with Gasteiger partial charge in [0.05, 0.1) is 5.56 Å². The molecule has 0 saturated carbocycles. The van der Waals surface area contributed by atoms with Crippen LogP contribution in [-0.2, 0) is 6.18 Å². The van der Waals surface area contributed by atoms with Gasteiger partial charge in [0.25, 0.3) is 0 Å². The van der Waals surface area contributed by atoms with Gasteiger partial charge in [-0.1, -0.05) is 0 Å². The first-order valence-electron chi connectivity index (χ1n) is 2.67. The van der Waals surface area contributed by atoms with Gasteiger partial charge in [-0.15, -0.1) is 10.2 Å². The van der Waals surface area contributed by atoms with E-state index in [2.05, 4.69) is 42.1 Å². The van der Waals surface area contributed by atoms with E-state index in [9.17, 15) is 13.2 Å². The smallest absolute Gasteiger partial charge is 0.166 e. The van der Waals surface area contributed by atoms with E-state index < -0.39 is 11.7 Å². The molecule has 0 bridgehead atoms. The van der Waals surface area contributed by atoms with Crippen molar-refractivity contribution in [3.63, 3.8) is 0 Å². The first-order valence-corrected chi connectivity index (χ1v) is 4.26. The fourth-order valence-electron chi connectivity index (χ4n) is 0.552. The summed E-state index contributed by atoms with van der Waals surface area (Å²) in [7, 11) is 0. The average molecular weight is 306 g/mol. The van der Waals surface area contributed by atoms with Crippen molar-refractivity contribution >= 4 is 31.9 Å². The molecule has 0 N–H and O–H groups in total. The molecule has 1 aromatic rings. The van der Waals surface area contributed by atoms with Crippen LogP contribution in [0.2, 0.25) is 0 Å². The first kappa shape index (κ1) is 9.91. The van der Waals surface area contributed by atoms with Gasteiger partial charge in [0.1, 0.15) is 9.21 Å². The molecule has 0 unspecified atom stereocenters. The lowest BCUT2D eigenvalue weighted by Crippen LogP contribution is -2.07. The molecule has 1 aromatic heterocycles. The Morgan fingerprint density at radius 3 is 2.17 bits per heavy atom. The molecule has 0 aliphatic rings. The van der Waals surface area contributed by atoms with E-state index in [-0.39, 0.29) is 9.21 Å². The molecule has 0 spiro atoms. The van der Waals surface area contributed by atoms with Gasteiger partial charge >= 0.3 is 6.18 Å². The number of rotatable bonds is 0. The number of hydrogen-bond acceptors (Lipinski definition) is 2. The average Bonchev–Trinajstić information content (AvgIpc) is 1.92. The quantitative estimate of drug-likeness (QED) is 0.736. The SMILES string of the molecule is FC(F)(F)c1cc(Br)nnc1Br. The molecule has 0 aliphatic heterocycles. The summed E-state index contributed by atoms with van der Waals surface area (Å²) in [5.41, 5.74) is -0.843. The maximum Gasteiger partial charge on any atom is 0.419 e. The third-order valence-corrected chi connectivity index (χ3v) is 2.00. The molecule has 1 rings (SSSR count). The van der Waals surface area contributed by atoms with Gasteiger partial charge < -0.3 is 0 Å². The van der Waals surface area contributed by atoms with Crippen molar-refractivity contribution in [1.82, 2.24) is 10.2 Å². The monoisotopic (exact) mass is 304 g/mol. The number of alkyl halides is 3. The molecule has 7 heteroatoms. The van der Waals surface area contributed by atoms with Crippen molar-refractivity contribution in [1.29, 1.82) is 0 Å². The number of hydrogen-bond donors (Lipinski definition) is 0. The predicted molar refractivity (Wildman–Crippen MR) is 42.4 cm³/mol. The summed E-state index contributed by atoms with van der Waals surface area (Å²) in [6.45, 7) is 0. The van der Waals surface area contributed by atoms with Crippen LogP contribution < -0.4 is 0 Å². The lowest BCUT2D eigenvalue weighted by molar-refractivity contribution is -0.138. The van der Waals surface area contributed by atoms with E-state index in [0.717, 1.165) is 6.07 Å². The summed E-state index contributed by atoms with van der Waals surface area (Å²) in [4.78, 5) is 0. The molecular formula is C5HBr2F3N2.